The number of hydrogen-bond donors (Lipinski definition) is 2. The van der Waals surface area contributed by atoms with Gasteiger partial charge in [0.05, 0.1) is 17.7 Å². The first-order chi connectivity index (χ1) is 14.5. The molecule has 1 aromatic heterocycles. The van der Waals surface area contributed by atoms with Crippen LogP contribution < -0.4 is 10.5 Å². The van der Waals surface area contributed by atoms with E-state index in [4.69, 9.17) is 10.5 Å². The van der Waals surface area contributed by atoms with Gasteiger partial charge in [-0.2, -0.15) is 0 Å². The van der Waals surface area contributed by atoms with Gasteiger partial charge in [0.25, 0.3) is 0 Å². The molecule has 0 aliphatic heterocycles. The van der Waals surface area contributed by atoms with Gasteiger partial charge < -0.3 is 20.1 Å². The summed E-state index contributed by atoms with van der Waals surface area (Å²) in [6.45, 7) is 4.78. The molecule has 158 valence electrons. The van der Waals surface area contributed by atoms with E-state index in [2.05, 4.69) is 48.0 Å². The van der Waals surface area contributed by atoms with Crippen LogP contribution in [-0.4, -0.2) is 21.7 Å². The number of fused-ring (bicyclic) bond motifs is 1. The highest BCUT2D eigenvalue weighted by Crippen LogP contribution is 2.40. The minimum atomic E-state index is -0.802. The SMILES string of the molecule is CCn1ccc2cc(-c3cc(CC(C)C(=O)O)cc(N)c3OC3CCCC3)ccc21. The van der Waals surface area contributed by atoms with Crippen molar-refractivity contribution in [2.24, 2.45) is 5.92 Å². The standard InChI is InChI=1S/C25H30N2O3/c1-3-27-11-10-19-15-18(8-9-23(19)27)21-13-17(12-16(2)25(28)29)14-22(26)24(21)30-20-6-4-5-7-20/h8-11,13-16,20H,3-7,12,26H2,1-2H3,(H,28,29). The number of aliphatic carboxylic acids is 1. The number of benzene rings is 2. The number of carboxylic acids is 1. The molecule has 3 aromatic rings. The van der Waals surface area contributed by atoms with Crippen molar-refractivity contribution in [2.75, 3.05) is 5.73 Å². The van der Waals surface area contributed by atoms with E-state index >= 15 is 0 Å². The lowest BCUT2D eigenvalue weighted by Crippen LogP contribution is -2.15. The van der Waals surface area contributed by atoms with Gasteiger partial charge in [-0.1, -0.05) is 13.0 Å². The van der Waals surface area contributed by atoms with E-state index in [1.165, 1.54) is 23.7 Å². The summed E-state index contributed by atoms with van der Waals surface area (Å²) in [5.74, 6) is -0.549. The highest BCUT2D eigenvalue weighted by atomic mass is 16.5. The Morgan fingerprint density at radius 2 is 2.00 bits per heavy atom. The van der Waals surface area contributed by atoms with Crippen molar-refractivity contribution in [3.8, 4) is 16.9 Å². The van der Waals surface area contributed by atoms with Crippen LogP contribution in [0.4, 0.5) is 5.69 Å². The summed E-state index contributed by atoms with van der Waals surface area (Å²) in [6, 6.07) is 12.5. The van der Waals surface area contributed by atoms with Crippen molar-refractivity contribution in [1.82, 2.24) is 4.57 Å². The molecule has 0 amide bonds. The van der Waals surface area contributed by atoms with E-state index in [1.807, 2.05) is 6.07 Å². The molecule has 0 spiro atoms. The van der Waals surface area contributed by atoms with Gasteiger partial charge in [-0.3, -0.25) is 4.79 Å². The molecule has 1 heterocycles. The summed E-state index contributed by atoms with van der Waals surface area (Å²) in [4.78, 5) is 11.4. The second kappa shape index (κ2) is 8.42. The Labute approximate surface area is 177 Å². The van der Waals surface area contributed by atoms with Gasteiger partial charge in [-0.05, 0) is 80.5 Å². The maximum atomic E-state index is 11.4. The molecule has 3 N–H and O–H groups in total. The van der Waals surface area contributed by atoms with Gasteiger partial charge in [0.1, 0.15) is 5.75 Å². The third-order valence-electron chi connectivity index (χ3n) is 6.15. The Hall–Kier alpha value is -2.95. The molecule has 1 aliphatic rings. The van der Waals surface area contributed by atoms with E-state index < -0.39 is 11.9 Å². The number of carbonyl (C=O) groups is 1. The van der Waals surface area contributed by atoms with Crippen molar-refractivity contribution in [2.45, 2.75) is 58.6 Å². The first-order valence-corrected chi connectivity index (χ1v) is 10.9. The molecule has 1 aliphatic carbocycles. The summed E-state index contributed by atoms with van der Waals surface area (Å²) < 4.78 is 8.61. The number of rotatable bonds is 7. The Morgan fingerprint density at radius 1 is 1.23 bits per heavy atom. The lowest BCUT2D eigenvalue weighted by atomic mass is 9.95. The fraction of sp³-hybridized carbons (Fsp3) is 0.400. The summed E-state index contributed by atoms with van der Waals surface area (Å²) in [5, 5.41) is 10.5. The molecule has 1 fully saturated rings. The smallest absolute Gasteiger partial charge is 0.306 e. The van der Waals surface area contributed by atoms with Crippen molar-refractivity contribution in [1.29, 1.82) is 0 Å². The zero-order valence-electron chi connectivity index (χ0n) is 17.7. The first kappa shape index (κ1) is 20.3. The average molecular weight is 407 g/mol. The summed E-state index contributed by atoms with van der Waals surface area (Å²) in [5.41, 5.74) is 11.1. The molecule has 1 saturated carbocycles. The highest BCUT2D eigenvalue weighted by Gasteiger charge is 2.22. The first-order valence-electron chi connectivity index (χ1n) is 10.9. The number of nitrogen functional groups attached to an aromatic ring is 1. The fourth-order valence-corrected chi connectivity index (χ4v) is 4.43. The molecular weight excluding hydrogens is 376 g/mol. The van der Waals surface area contributed by atoms with E-state index in [9.17, 15) is 9.90 Å². The Kier molecular flexibility index (Phi) is 5.71. The van der Waals surface area contributed by atoms with E-state index in [0.29, 0.717) is 12.1 Å². The molecule has 5 heteroatoms. The van der Waals surface area contributed by atoms with Crippen LogP contribution in [-0.2, 0) is 17.8 Å². The fourth-order valence-electron chi connectivity index (χ4n) is 4.43. The number of aromatic nitrogens is 1. The molecule has 0 radical (unpaired) electrons. The normalized spacial score (nSPS) is 15.5. The maximum absolute atomic E-state index is 11.4. The molecule has 0 bridgehead atoms. The predicted molar refractivity (Wildman–Crippen MR) is 121 cm³/mol. The summed E-state index contributed by atoms with van der Waals surface area (Å²) >= 11 is 0. The lowest BCUT2D eigenvalue weighted by Gasteiger charge is -2.20. The third-order valence-corrected chi connectivity index (χ3v) is 6.15. The van der Waals surface area contributed by atoms with Crippen LogP contribution in [0.1, 0.15) is 45.1 Å². The largest absolute Gasteiger partial charge is 0.488 e. The Bertz CT molecular complexity index is 1060. The highest BCUT2D eigenvalue weighted by molar-refractivity contribution is 5.88. The minimum Gasteiger partial charge on any atom is -0.488 e. The van der Waals surface area contributed by atoms with Gasteiger partial charge in [0.2, 0.25) is 0 Å². The zero-order valence-corrected chi connectivity index (χ0v) is 17.7. The van der Waals surface area contributed by atoms with Gasteiger partial charge in [-0.25, -0.2) is 0 Å². The number of carboxylic acid groups (broad SMARTS) is 1. The van der Waals surface area contributed by atoms with E-state index in [0.717, 1.165) is 41.8 Å². The molecule has 5 nitrogen and oxygen atoms in total. The molecule has 30 heavy (non-hydrogen) atoms. The van der Waals surface area contributed by atoms with Crippen molar-refractivity contribution in [3.05, 3.63) is 48.2 Å². The Balaban J connectivity index is 1.79. The van der Waals surface area contributed by atoms with Crippen molar-refractivity contribution < 1.29 is 14.6 Å². The molecule has 1 atom stereocenters. The second-order valence-electron chi connectivity index (χ2n) is 8.40. The topological polar surface area (TPSA) is 77.5 Å². The van der Waals surface area contributed by atoms with Crippen LogP contribution in [0.5, 0.6) is 5.75 Å². The number of ether oxygens (including phenoxy) is 1. The predicted octanol–water partition coefficient (Wildman–Crippen LogP) is 5.50. The van der Waals surface area contributed by atoms with Crippen LogP contribution >= 0.6 is 0 Å². The number of nitrogens with zero attached hydrogens (tertiary/aromatic N) is 1. The van der Waals surface area contributed by atoms with Crippen LogP contribution in [0.2, 0.25) is 0 Å². The lowest BCUT2D eigenvalue weighted by molar-refractivity contribution is -0.141. The second-order valence-corrected chi connectivity index (χ2v) is 8.40. The van der Waals surface area contributed by atoms with Gasteiger partial charge in [0, 0.05) is 29.2 Å². The van der Waals surface area contributed by atoms with E-state index in [-0.39, 0.29) is 6.10 Å². The quantitative estimate of drug-likeness (QED) is 0.508. The Morgan fingerprint density at radius 3 is 2.70 bits per heavy atom. The molecule has 2 aromatic carbocycles. The molecule has 4 rings (SSSR count). The van der Waals surface area contributed by atoms with Crippen molar-refractivity contribution in [3.63, 3.8) is 0 Å². The maximum Gasteiger partial charge on any atom is 0.306 e. The summed E-state index contributed by atoms with van der Waals surface area (Å²) in [6.07, 6.45) is 7.20. The summed E-state index contributed by atoms with van der Waals surface area (Å²) in [7, 11) is 0. The average Bonchev–Trinajstić information content (AvgIpc) is 3.38. The van der Waals surface area contributed by atoms with Gasteiger partial charge >= 0.3 is 5.97 Å². The number of anilines is 1. The number of aryl methyl sites for hydroxylation is 1. The molecule has 0 saturated heterocycles. The minimum absolute atomic E-state index is 0.194. The van der Waals surface area contributed by atoms with Crippen LogP contribution in [0.25, 0.3) is 22.0 Å². The number of nitrogens with two attached hydrogens (primary N) is 1. The van der Waals surface area contributed by atoms with Crippen LogP contribution in [0.3, 0.4) is 0 Å². The number of hydrogen-bond acceptors (Lipinski definition) is 3. The third kappa shape index (κ3) is 4.02. The monoisotopic (exact) mass is 406 g/mol. The molecular formula is C25H30N2O3. The van der Waals surface area contributed by atoms with Crippen LogP contribution in [0.15, 0.2) is 42.6 Å². The molecule has 1 unspecified atom stereocenters. The van der Waals surface area contributed by atoms with Crippen molar-refractivity contribution >= 4 is 22.6 Å². The van der Waals surface area contributed by atoms with E-state index in [1.54, 1.807) is 6.92 Å². The zero-order chi connectivity index (χ0) is 21.3. The van der Waals surface area contributed by atoms with Gasteiger partial charge in [0.15, 0.2) is 0 Å². The van der Waals surface area contributed by atoms with Crippen LogP contribution in [0, 0.1) is 5.92 Å². The van der Waals surface area contributed by atoms with Gasteiger partial charge in [-0.15, -0.1) is 0 Å².